The topological polar surface area (TPSA) is 52.3 Å². The van der Waals surface area contributed by atoms with Crippen LogP contribution in [0.3, 0.4) is 0 Å². The molecule has 88 valence electrons. The SMILES string of the molecule is Cc1cnc(CCOc2ccc(C=O)cc2)o1. The summed E-state index contributed by atoms with van der Waals surface area (Å²) in [5, 5.41) is 0. The molecule has 4 heteroatoms. The van der Waals surface area contributed by atoms with Gasteiger partial charge in [0.05, 0.1) is 19.2 Å². The maximum atomic E-state index is 10.5. The summed E-state index contributed by atoms with van der Waals surface area (Å²) in [7, 11) is 0. The number of hydrogen-bond acceptors (Lipinski definition) is 4. The highest BCUT2D eigenvalue weighted by Gasteiger charge is 2.01. The van der Waals surface area contributed by atoms with Gasteiger partial charge < -0.3 is 9.15 Å². The molecule has 0 N–H and O–H groups in total. The Morgan fingerprint density at radius 1 is 1.35 bits per heavy atom. The fourth-order valence-corrected chi connectivity index (χ4v) is 1.42. The largest absolute Gasteiger partial charge is 0.493 e. The molecule has 0 spiro atoms. The number of carbonyl (C=O) groups is 1. The molecule has 0 bridgehead atoms. The average molecular weight is 231 g/mol. The van der Waals surface area contributed by atoms with Crippen LogP contribution in [-0.4, -0.2) is 17.9 Å². The van der Waals surface area contributed by atoms with Crippen LogP contribution in [0.25, 0.3) is 0 Å². The molecule has 0 unspecified atom stereocenters. The van der Waals surface area contributed by atoms with Crippen LogP contribution in [0.15, 0.2) is 34.9 Å². The first-order valence-electron chi connectivity index (χ1n) is 5.37. The van der Waals surface area contributed by atoms with Gasteiger partial charge in [0.2, 0.25) is 0 Å². The zero-order valence-electron chi connectivity index (χ0n) is 9.55. The monoisotopic (exact) mass is 231 g/mol. The van der Waals surface area contributed by atoms with E-state index in [1.165, 1.54) is 0 Å². The zero-order chi connectivity index (χ0) is 12.1. The van der Waals surface area contributed by atoms with Gasteiger partial charge >= 0.3 is 0 Å². The summed E-state index contributed by atoms with van der Waals surface area (Å²) < 4.78 is 10.8. The molecule has 0 aliphatic heterocycles. The van der Waals surface area contributed by atoms with Crippen LogP contribution in [0.5, 0.6) is 5.75 Å². The van der Waals surface area contributed by atoms with Gasteiger partial charge in [0.15, 0.2) is 5.89 Å². The van der Waals surface area contributed by atoms with E-state index >= 15 is 0 Å². The lowest BCUT2D eigenvalue weighted by atomic mass is 10.2. The quantitative estimate of drug-likeness (QED) is 0.741. The number of rotatable bonds is 5. The summed E-state index contributed by atoms with van der Waals surface area (Å²) in [6.45, 7) is 2.36. The first-order chi connectivity index (χ1) is 8.28. The lowest BCUT2D eigenvalue weighted by Crippen LogP contribution is -2.01. The van der Waals surface area contributed by atoms with Crippen LogP contribution in [0.4, 0.5) is 0 Å². The zero-order valence-corrected chi connectivity index (χ0v) is 9.55. The first-order valence-corrected chi connectivity index (χ1v) is 5.37. The van der Waals surface area contributed by atoms with Gasteiger partial charge in [0, 0.05) is 5.56 Å². The van der Waals surface area contributed by atoms with Crippen LogP contribution in [0.2, 0.25) is 0 Å². The molecule has 1 heterocycles. The van der Waals surface area contributed by atoms with E-state index in [2.05, 4.69) is 4.98 Å². The number of benzene rings is 1. The van der Waals surface area contributed by atoms with E-state index in [1.807, 2.05) is 6.92 Å². The lowest BCUT2D eigenvalue weighted by Gasteiger charge is -2.04. The van der Waals surface area contributed by atoms with Gasteiger partial charge in [-0.25, -0.2) is 4.98 Å². The van der Waals surface area contributed by atoms with Gasteiger partial charge in [0.1, 0.15) is 17.8 Å². The molecule has 0 aliphatic carbocycles. The number of hydrogen-bond donors (Lipinski definition) is 0. The van der Waals surface area contributed by atoms with Gasteiger partial charge in [-0.1, -0.05) is 0 Å². The second-order valence-electron chi connectivity index (χ2n) is 3.65. The Bertz CT molecular complexity index is 488. The smallest absolute Gasteiger partial charge is 0.197 e. The fraction of sp³-hybridized carbons (Fsp3) is 0.231. The maximum Gasteiger partial charge on any atom is 0.197 e. The van der Waals surface area contributed by atoms with Crippen molar-refractivity contribution < 1.29 is 13.9 Å². The molecular weight excluding hydrogens is 218 g/mol. The number of oxazole rings is 1. The number of ether oxygens (including phenoxy) is 1. The molecule has 0 radical (unpaired) electrons. The molecule has 0 saturated heterocycles. The summed E-state index contributed by atoms with van der Waals surface area (Å²) in [6.07, 6.45) is 3.12. The third-order valence-corrected chi connectivity index (χ3v) is 2.27. The number of aromatic nitrogens is 1. The molecule has 0 saturated carbocycles. The van der Waals surface area contributed by atoms with E-state index in [0.29, 0.717) is 24.5 Å². The molecule has 0 atom stereocenters. The highest BCUT2D eigenvalue weighted by atomic mass is 16.5. The summed E-state index contributed by atoms with van der Waals surface area (Å²) in [6, 6.07) is 6.98. The van der Waals surface area contributed by atoms with E-state index in [1.54, 1.807) is 30.5 Å². The van der Waals surface area contributed by atoms with Crippen molar-refractivity contribution in [3.63, 3.8) is 0 Å². The second kappa shape index (κ2) is 5.30. The minimum Gasteiger partial charge on any atom is -0.493 e. The molecule has 0 aliphatic rings. The predicted octanol–water partition coefficient (Wildman–Crippen LogP) is 2.42. The highest BCUT2D eigenvalue weighted by Crippen LogP contribution is 2.11. The molecule has 17 heavy (non-hydrogen) atoms. The number of carbonyl (C=O) groups excluding carboxylic acids is 1. The van der Waals surface area contributed by atoms with Crippen molar-refractivity contribution in [3.8, 4) is 5.75 Å². The van der Waals surface area contributed by atoms with Crippen molar-refractivity contribution in [2.45, 2.75) is 13.3 Å². The van der Waals surface area contributed by atoms with Crippen LogP contribution in [0, 0.1) is 6.92 Å². The Morgan fingerprint density at radius 2 is 2.12 bits per heavy atom. The van der Waals surface area contributed by atoms with Crippen LogP contribution < -0.4 is 4.74 Å². The Balaban J connectivity index is 1.83. The Labute approximate surface area is 99.2 Å². The van der Waals surface area contributed by atoms with Crippen LogP contribution in [-0.2, 0) is 6.42 Å². The summed E-state index contributed by atoms with van der Waals surface area (Å²) in [5.41, 5.74) is 0.640. The van der Waals surface area contributed by atoms with Gasteiger partial charge in [-0.15, -0.1) is 0 Å². The van der Waals surface area contributed by atoms with Gasteiger partial charge in [-0.3, -0.25) is 4.79 Å². The maximum absolute atomic E-state index is 10.5. The van der Waals surface area contributed by atoms with Crippen molar-refractivity contribution in [2.75, 3.05) is 6.61 Å². The summed E-state index contributed by atoms with van der Waals surface area (Å²) in [4.78, 5) is 14.5. The van der Waals surface area contributed by atoms with E-state index in [-0.39, 0.29) is 0 Å². The van der Waals surface area contributed by atoms with Crippen molar-refractivity contribution in [1.82, 2.24) is 4.98 Å². The van der Waals surface area contributed by atoms with E-state index in [9.17, 15) is 4.79 Å². The third-order valence-electron chi connectivity index (χ3n) is 2.27. The van der Waals surface area contributed by atoms with E-state index in [0.717, 1.165) is 17.8 Å². The lowest BCUT2D eigenvalue weighted by molar-refractivity contribution is 0.112. The fourth-order valence-electron chi connectivity index (χ4n) is 1.42. The normalized spacial score (nSPS) is 10.2. The minimum absolute atomic E-state index is 0.500. The second-order valence-corrected chi connectivity index (χ2v) is 3.65. The molecule has 2 aromatic rings. The third kappa shape index (κ3) is 3.17. The number of aldehydes is 1. The number of nitrogens with zero attached hydrogens (tertiary/aromatic N) is 1. The average Bonchev–Trinajstić information content (AvgIpc) is 2.76. The molecule has 1 aromatic heterocycles. The molecule has 0 fully saturated rings. The molecule has 0 amide bonds. The van der Waals surface area contributed by atoms with E-state index < -0.39 is 0 Å². The Morgan fingerprint density at radius 3 is 2.71 bits per heavy atom. The minimum atomic E-state index is 0.500. The van der Waals surface area contributed by atoms with E-state index in [4.69, 9.17) is 9.15 Å². The summed E-state index contributed by atoms with van der Waals surface area (Å²) >= 11 is 0. The van der Waals surface area contributed by atoms with Gasteiger partial charge in [-0.05, 0) is 31.2 Å². The van der Waals surface area contributed by atoms with Crippen molar-refractivity contribution in [1.29, 1.82) is 0 Å². The van der Waals surface area contributed by atoms with Gasteiger partial charge in [0.25, 0.3) is 0 Å². The summed E-state index contributed by atoms with van der Waals surface area (Å²) in [5.74, 6) is 2.21. The van der Waals surface area contributed by atoms with Crippen molar-refractivity contribution in [3.05, 3.63) is 47.7 Å². The molecule has 1 aromatic carbocycles. The van der Waals surface area contributed by atoms with Crippen LogP contribution >= 0.6 is 0 Å². The van der Waals surface area contributed by atoms with Crippen LogP contribution in [0.1, 0.15) is 22.0 Å². The number of aryl methyl sites for hydroxylation is 1. The molecule has 2 rings (SSSR count). The Kier molecular flexibility index (Phi) is 3.55. The standard InChI is InChI=1S/C13H13NO3/c1-10-8-14-13(17-10)6-7-16-12-4-2-11(9-15)3-5-12/h2-5,8-9H,6-7H2,1H3. The predicted molar refractivity (Wildman–Crippen MR) is 62.3 cm³/mol. The Hall–Kier alpha value is -2.10. The first kappa shape index (κ1) is 11.4. The van der Waals surface area contributed by atoms with Gasteiger partial charge in [-0.2, -0.15) is 0 Å². The molecule has 4 nitrogen and oxygen atoms in total. The van der Waals surface area contributed by atoms with Crippen molar-refractivity contribution >= 4 is 6.29 Å². The molecular formula is C13H13NO3. The van der Waals surface area contributed by atoms with Crippen molar-refractivity contribution in [2.24, 2.45) is 0 Å². The highest BCUT2D eigenvalue weighted by molar-refractivity contribution is 5.74.